The Morgan fingerprint density at radius 3 is 2.39 bits per heavy atom. The zero-order valence-electron chi connectivity index (χ0n) is 9.81. The van der Waals surface area contributed by atoms with Crippen molar-refractivity contribution in [2.24, 2.45) is 0 Å². The molecule has 0 unspecified atom stereocenters. The van der Waals surface area contributed by atoms with Gasteiger partial charge in [-0.05, 0) is 19.1 Å². The highest BCUT2D eigenvalue weighted by Crippen LogP contribution is 2.34. The number of rotatable bonds is 2. The molecule has 7 heteroatoms. The van der Waals surface area contributed by atoms with Crippen LogP contribution >= 0.6 is 0 Å². The average molecular weight is 264 g/mol. The normalized spacial score (nSPS) is 11.4. The van der Waals surface area contributed by atoms with E-state index in [1.165, 1.54) is 7.05 Å². The highest BCUT2D eigenvalue weighted by atomic mass is 19.4. The summed E-state index contributed by atoms with van der Waals surface area (Å²) in [5.41, 5.74) is 2.75. The van der Waals surface area contributed by atoms with Crippen LogP contribution in [-0.4, -0.2) is 24.4 Å². The molecule has 0 saturated heterocycles. The molecule has 0 heterocycles. The molecular weight excluding hydrogens is 252 g/mol. The van der Waals surface area contributed by atoms with Gasteiger partial charge in [0.1, 0.15) is 5.82 Å². The average Bonchev–Trinajstić information content (AvgIpc) is 2.28. The smallest absolute Gasteiger partial charge is 0.399 e. The van der Waals surface area contributed by atoms with Gasteiger partial charge < -0.3 is 10.6 Å². The largest absolute Gasteiger partial charge is 0.419 e. The number of anilines is 1. The van der Waals surface area contributed by atoms with Crippen molar-refractivity contribution in [2.45, 2.75) is 13.1 Å². The molecule has 1 aromatic rings. The summed E-state index contributed by atoms with van der Waals surface area (Å²) in [5.74, 6) is -2.44. The van der Waals surface area contributed by atoms with E-state index in [-0.39, 0.29) is 12.2 Å². The van der Waals surface area contributed by atoms with Crippen LogP contribution in [0, 0.1) is 5.82 Å². The lowest BCUT2D eigenvalue weighted by Gasteiger charge is -2.17. The SMILES string of the molecule is CCN(C)C(=O)c1cc(N)cc(C(F)(F)F)c1F. The van der Waals surface area contributed by atoms with Crippen molar-refractivity contribution in [1.29, 1.82) is 0 Å². The van der Waals surface area contributed by atoms with Gasteiger partial charge in [-0.3, -0.25) is 4.79 Å². The maximum atomic E-state index is 13.7. The Bertz CT molecular complexity index is 471. The summed E-state index contributed by atoms with van der Waals surface area (Å²) in [6.07, 6.45) is -4.89. The van der Waals surface area contributed by atoms with Gasteiger partial charge in [0, 0.05) is 19.3 Å². The highest BCUT2D eigenvalue weighted by molar-refractivity contribution is 5.95. The molecule has 0 aliphatic rings. The van der Waals surface area contributed by atoms with Gasteiger partial charge in [0.05, 0.1) is 11.1 Å². The number of nitrogens with zero attached hydrogens (tertiary/aromatic N) is 1. The van der Waals surface area contributed by atoms with Gasteiger partial charge in [-0.25, -0.2) is 4.39 Å². The van der Waals surface area contributed by atoms with Gasteiger partial charge in [0.2, 0.25) is 0 Å². The molecule has 1 aromatic carbocycles. The number of benzene rings is 1. The fourth-order valence-corrected chi connectivity index (χ4v) is 1.36. The highest BCUT2D eigenvalue weighted by Gasteiger charge is 2.36. The molecule has 0 atom stereocenters. The Kier molecular flexibility index (Phi) is 3.83. The number of halogens is 4. The minimum atomic E-state index is -4.89. The second-order valence-corrected chi connectivity index (χ2v) is 3.75. The zero-order valence-corrected chi connectivity index (χ0v) is 9.81. The Balaban J connectivity index is 3.39. The third-order valence-electron chi connectivity index (χ3n) is 2.45. The number of hydrogen-bond acceptors (Lipinski definition) is 2. The first-order valence-electron chi connectivity index (χ1n) is 5.10. The molecule has 1 amide bonds. The van der Waals surface area contributed by atoms with Crippen LogP contribution in [-0.2, 0) is 6.18 Å². The monoisotopic (exact) mass is 264 g/mol. The standard InChI is InChI=1S/C11H12F4N2O/c1-3-17(2)10(18)7-4-6(16)5-8(9(7)12)11(13,14)15/h4-5H,3,16H2,1-2H3. The summed E-state index contributed by atoms with van der Waals surface area (Å²) in [5, 5.41) is 0. The van der Waals surface area contributed by atoms with E-state index in [9.17, 15) is 22.4 Å². The first kappa shape index (κ1) is 14.3. The zero-order chi connectivity index (χ0) is 14.1. The molecule has 1 rings (SSSR count). The summed E-state index contributed by atoms with van der Waals surface area (Å²) in [7, 11) is 1.36. The van der Waals surface area contributed by atoms with Crippen LogP contribution in [0.15, 0.2) is 12.1 Å². The van der Waals surface area contributed by atoms with E-state index in [4.69, 9.17) is 5.73 Å². The summed E-state index contributed by atoms with van der Waals surface area (Å²) < 4.78 is 51.3. The number of carbonyl (C=O) groups excluding carboxylic acids is 1. The third-order valence-corrected chi connectivity index (χ3v) is 2.45. The van der Waals surface area contributed by atoms with Crippen molar-refractivity contribution in [3.63, 3.8) is 0 Å². The van der Waals surface area contributed by atoms with Crippen LogP contribution < -0.4 is 5.73 Å². The van der Waals surface area contributed by atoms with Crippen LogP contribution in [0.5, 0.6) is 0 Å². The molecule has 0 bridgehead atoms. The Labute approximate surface area is 101 Å². The fourth-order valence-electron chi connectivity index (χ4n) is 1.36. The molecular formula is C11H12F4N2O. The van der Waals surface area contributed by atoms with Crippen molar-refractivity contribution < 1.29 is 22.4 Å². The van der Waals surface area contributed by atoms with E-state index < -0.39 is 29.0 Å². The summed E-state index contributed by atoms with van der Waals surface area (Å²) in [4.78, 5) is 12.8. The number of alkyl halides is 3. The molecule has 18 heavy (non-hydrogen) atoms. The molecule has 0 radical (unpaired) electrons. The number of nitrogen functional groups attached to an aromatic ring is 1. The summed E-state index contributed by atoms with van der Waals surface area (Å²) >= 11 is 0. The minimum absolute atomic E-state index is 0.244. The fraction of sp³-hybridized carbons (Fsp3) is 0.364. The Hall–Kier alpha value is -1.79. The van der Waals surface area contributed by atoms with Crippen LogP contribution in [0.2, 0.25) is 0 Å². The minimum Gasteiger partial charge on any atom is -0.399 e. The molecule has 0 aliphatic carbocycles. The second-order valence-electron chi connectivity index (χ2n) is 3.75. The quantitative estimate of drug-likeness (QED) is 0.659. The molecule has 0 spiro atoms. The van der Waals surface area contributed by atoms with Crippen molar-refractivity contribution in [2.75, 3.05) is 19.3 Å². The number of hydrogen-bond donors (Lipinski definition) is 1. The van der Waals surface area contributed by atoms with Gasteiger partial charge in [-0.15, -0.1) is 0 Å². The molecule has 100 valence electrons. The molecule has 2 N–H and O–H groups in total. The van der Waals surface area contributed by atoms with Gasteiger partial charge in [0.15, 0.2) is 0 Å². The number of amides is 1. The Morgan fingerprint density at radius 1 is 1.39 bits per heavy atom. The van der Waals surface area contributed by atoms with Gasteiger partial charge in [-0.1, -0.05) is 0 Å². The van der Waals surface area contributed by atoms with E-state index in [0.29, 0.717) is 6.07 Å². The van der Waals surface area contributed by atoms with E-state index in [2.05, 4.69) is 0 Å². The second kappa shape index (κ2) is 4.83. The molecule has 0 aliphatic heterocycles. The van der Waals surface area contributed by atoms with E-state index in [1.54, 1.807) is 6.92 Å². The van der Waals surface area contributed by atoms with E-state index >= 15 is 0 Å². The molecule has 0 fully saturated rings. The third kappa shape index (κ3) is 2.72. The molecule has 3 nitrogen and oxygen atoms in total. The lowest BCUT2D eigenvalue weighted by molar-refractivity contribution is -0.139. The van der Waals surface area contributed by atoms with E-state index in [1.807, 2.05) is 0 Å². The lowest BCUT2D eigenvalue weighted by atomic mass is 10.1. The van der Waals surface area contributed by atoms with Crippen LogP contribution in [0.3, 0.4) is 0 Å². The maximum absolute atomic E-state index is 13.7. The van der Waals surface area contributed by atoms with Crippen LogP contribution in [0.25, 0.3) is 0 Å². The van der Waals surface area contributed by atoms with Crippen molar-refractivity contribution in [1.82, 2.24) is 4.90 Å². The summed E-state index contributed by atoms with van der Waals surface area (Å²) in [6, 6.07) is 1.37. The van der Waals surface area contributed by atoms with Gasteiger partial charge in [-0.2, -0.15) is 13.2 Å². The maximum Gasteiger partial charge on any atom is 0.419 e. The van der Waals surface area contributed by atoms with Gasteiger partial charge >= 0.3 is 6.18 Å². The number of nitrogens with two attached hydrogens (primary N) is 1. The first-order valence-corrected chi connectivity index (χ1v) is 5.10. The predicted octanol–water partition coefficient (Wildman–Crippen LogP) is 2.52. The number of carbonyl (C=O) groups is 1. The van der Waals surface area contributed by atoms with Crippen molar-refractivity contribution in [3.8, 4) is 0 Å². The van der Waals surface area contributed by atoms with Crippen LogP contribution in [0.4, 0.5) is 23.2 Å². The predicted molar refractivity (Wildman–Crippen MR) is 58.4 cm³/mol. The van der Waals surface area contributed by atoms with Crippen molar-refractivity contribution in [3.05, 3.63) is 29.1 Å². The van der Waals surface area contributed by atoms with E-state index in [0.717, 1.165) is 11.0 Å². The topological polar surface area (TPSA) is 46.3 Å². The Morgan fingerprint density at radius 2 is 1.94 bits per heavy atom. The van der Waals surface area contributed by atoms with Crippen LogP contribution in [0.1, 0.15) is 22.8 Å². The lowest BCUT2D eigenvalue weighted by Crippen LogP contribution is -2.28. The summed E-state index contributed by atoms with van der Waals surface area (Å²) in [6.45, 7) is 1.86. The van der Waals surface area contributed by atoms with Crippen molar-refractivity contribution >= 4 is 11.6 Å². The van der Waals surface area contributed by atoms with Gasteiger partial charge in [0.25, 0.3) is 5.91 Å². The molecule has 0 saturated carbocycles. The molecule has 0 aromatic heterocycles. The first-order chi connectivity index (χ1) is 8.18.